The van der Waals surface area contributed by atoms with Crippen LogP contribution in [0.5, 0.6) is 0 Å². The van der Waals surface area contributed by atoms with Crippen molar-refractivity contribution in [3.8, 4) is 0 Å². The van der Waals surface area contributed by atoms with E-state index in [2.05, 4.69) is 0 Å². The van der Waals surface area contributed by atoms with Crippen molar-refractivity contribution >= 4 is 17.5 Å². The molecule has 0 saturated heterocycles. The van der Waals surface area contributed by atoms with Gasteiger partial charge >= 0.3 is 11.9 Å². The minimum atomic E-state index is -0.678. The first-order valence-corrected chi connectivity index (χ1v) is 9.10. The molecule has 0 heterocycles. The quantitative estimate of drug-likeness (QED) is 0.775. The molecule has 0 bridgehead atoms. The number of esters is 2. The van der Waals surface area contributed by atoms with Gasteiger partial charge in [-0.1, -0.05) is 36.8 Å². The second-order valence-corrected chi connectivity index (χ2v) is 7.50. The third kappa shape index (κ3) is 2.99. The number of rotatable bonds is 4. The van der Waals surface area contributed by atoms with Crippen molar-refractivity contribution in [1.82, 2.24) is 0 Å². The molecule has 2 aliphatic rings. The van der Waals surface area contributed by atoms with Crippen molar-refractivity contribution in [2.45, 2.75) is 64.6 Å². The van der Waals surface area contributed by atoms with Gasteiger partial charge in [-0.2, -0.15) is 0 Å². The molecule has 0 radical (unpaired) electrons. The lowest BCUT2D eigenvalue weighted by Gasteiger charge is -2.38. The predicted octanol–water partition coefficient (Wildman–Crippen LogP) is 4.02. The molecule has 25 heavy (non-hydrogen) atoms. The molecule has 1 saturated carbocycles. The smallest absolute Gasteiger partial charge is 0.338 e. The van der Waals surface area contributed by atoms with Gasteiger partial charge in [0.05, 0.1) is 23.2 Å². The molecule has 1 fully saturated rings. The molecule has 0 aliphatic heterocycles. The molecule has 0 spiro atoms. The van der Waals surface area contributed by atoms with Crippen LogP contribution in [0.25, 0.3) is 5.57 Å². The zero-order chi connectivity index (χ0) is 18.2. The van der Waals surface area contributed by atoms with Crippen LogP contribution in [0.15, 0.2) is 30.3 Å². The number of allylic oxidation sites excluding steroid dienone is 1. The third-order valence-corrected chi connectivity index (χ3v) is 5.05. The minimum Gasteiger partial charge on any atom is -0.462 e. The van der Waals surface area contributed by atoms with Gasteiger partial charge in [0.1, 0.15) is 0 Å². The number of ether oxygens (including phenoxy) is 2. The van der Waals surface area contributed by atoms with Crippen LogP contribution in [0, 0.1) is 5.92 Å². The lowest BCUT2D eigenvalue weighted by molar-refractivity contribution is -0.156. The number of fused-ring (bicyclic) bond motifs is 3. The van der Waals surface area contributed by atoms with Crippen molar-refractivity contribution in [1.29, 1.82) is 0 Å². The molecular weight excluding hydrogens is 316 g/mol. The van der Waals surface area contributed by atoms with Gasteiger partial charge in [-0.3, -0.25) is 4.79 Å². The van der Waals surface area contributed by atoms with Crippen LogP contribution in [0.3, 0.4) is 0 Å². The fourth-order valence-electron chi connectivity index (χ4n) is 4.13. The average Bonchev–Trinajstić information content (AvgIpc) is 2.98. The van der Waals surface area contributed by atoms with Crippen LogP contribution in [0.4, 0.5) is 0 Å². The zero-order valence-electron chi connectivity index (χ0n) is 15.4. The third-order valence-electron chi connectivity index (χ3n) is 5.05. The number of carbonyl (C=O) groups excluding carboxylic acids is 2. The van der Waals surface area contributed by atoms with Crippen molar-refractivity contribution < 1.29 is 19.1 Å². The fourth-order valence-corrected chi connectivity index (χ4v) is 4.13. The van der Waals surface area contributed by atoms with Crippen LogP contribution in [-0.2, 0) is 24.5 Å². The molecule has 0 aromatic heterocycles. The van der Waals surface area contributed by atoms with Gasteiger partial charge in [-0.25, -0.2) is 4.79 Å². The summed E-state index contributed by atoms with van der Waals surface area (Å²) in [6, 6.07) is 7.69. The summed E-state index contributed by atoms with van der Waals surface area (Å²) in [4.78, 5) is 25.7. The highest BCUT2D eigenvalue weighted by molar-refractivity contribution is 6.18. The summed E-state index contributed by atoms with van der Waals surface area (Å²) in [7, 11) is 0. The Labute approximate surface area is 149 Å². The SMILES string of the molecule is CC(C)OC(=O)C1=CC2CCCC2(C(=O)OC(C)C)c2ccccc21. The molecular formula is C21H26O4. The maximum atomic E-state index is 13.1. The topological polar surface area (TPSA) is 52.6 Å². The Hall–Kier alpha value is -2.10. The summed E-state index contributed by atoms with van der Waals surface area (Å²) in [5.41, 5.74) is 1.60. The van der Waals surface area contributed by atoms with E-state index in [0.29, 0.717) is 5.57 Å². The summed E-state index contributed by atoms with van der Waals surface area (Å²) in [5, 5.41) is 0. The normalized spacial score (nSPS) is 24.6. The number of hydrogen-bond donors (Lipinski definition) is 0. The van der Waals surface area contributed by atoms with E-state index in [9.17, 15) is 9.59 Å². The molecule has 2 atom stereocenters. The van der Waals surface area contributed by atoms with E-state index in [1.807, 2.05) is 58.0 Å². The largest absolute Gasteiger partial charge is 0.462 e. The van der Waals surface area contributed by atoms with E-state index in [-0.39, 0.29) is 30.1 Å². The van der Waals surface area contributed by atoms with Gasteiger partial charge in [0, 0.05) is 0 Å². The molecule has 4 heteroatoms. The van der Waals surface area contributed by atoms with E-state index in [4.69, 9.17) is 9.47 Å². The Morgan fingerprint density at radius 1 is 1.08 bits per heavy atom. The Bertz CT molecular complexity index is 716. The summed E-state index contributed by atoms with van der Waals surface area (Å²) >= 11 is 0. The second-order valence-electron chi connectivity index (χ2n) is 7.50. The molecule has 2 unspecified atom stereocenters. The maximum absolute atomic E-state index is 13.1. The standard InChI is InChI=1S/C21H26O4/c1-13(2)24-19(22)17-12-15-8-7-11-21(15,20(23)25-14(3)4)18-10-6-5-9-16(17)18/h5-6,9-10,12-15H,7-8,11H2,1-4H3. The van der Waals surface area contributed by atoms with Gasteiger partial charge in [-0.05, 0) is 57.6 Å². The van der Waals surface area contributed by atoms with Crippen molar-refractivity contribution in [2.24, 2.45) is 5.92 Å². The lowest BCUT2D eigenvalue weighted by atomic mass is 9.66. The highest BCUT2D eigenvalue weighted by atomic mass is 16.5. The fraction of sp³-hybridized carbons (Fsp3) is 0.524. The summed E-state index contributed by atoms with van der Waals surface area (Å²) in [6.45, 7) is 7.42. The van der Waals surface area contributed by atoms with Gasteiger partial charge in [-0.15, -0.1) is 0 Å². The van der Waals surface area contributed by atoms with Crippen LogP contribution in [0.2, 0.25) is 0 Å². The molecule has 0 amide bonds. The van der Waals surface area contributed by atoms with E-state index in [1.54, 1.807) is 0 Å². The number of carbonyl (C=O) groups is 2. The Morgan fingerprint density at radius 3 is 2.44 bits per heavy atom. The lowest BCUT2D eigenvalue weighted by Crippen LogP contribution is -2.44. The average molecular weight is 342 g/mol. The van der Waals surface area contributed by atoms with Crippen LogP contribution >= 0.6 is 0 Å². The monoisotopic (exact) mass is 342 g/mol. The van der Waals surface area contributed by atoms with Crippen LogP contribution < -0.4 is 0 Å². The Kier molecular flexibility index (Phi) is 4.72. The Balaban J connectivity index is 2.10. The molecule has 1 aromatic carbocycles. The number of benzene rings is 1. The van der Waals surface area contributed by atoms with Crippen LogP contribution in [-0.4, -0.2) is 24.1 Å². The Morgan fingerprint density at radius 2 is 1.76 bits per heavy atom. The molecule has 1 aromatic rings. The van der Waals surface area contributed by atoms with Gasteiger partial charge < -0.3 is 9.47 Å². The highest BCUT2D eigenvalue weighted by Gasteiger charge is 2.54. The van der Waals surface area contributed by atoms with E-state index >= 15 is 0 Å². The summed E-state index contributed by atoms with van der Waals surface area (Å²) in [5.74, 6) is -0.520. The first kappa shape index (κ1) is 17.7. The molecule has 0 N–H and O–H groups in total. The van der Waals surface area contributed by atoms with Crippen molar-refractivity contribution in [3.63, 3.8) is 0 Å². The van der Waals surface area contributed by atoms with Gasteiger partial charge in [0.25, 0.3) is 0 Å². The molecule has 134 valence electrons. The predicted molar refractivity (Wildman–Crippen MR) is 95.9 cm³/mol. The summed E-state index contributed by atoms with van der Waals surface area (Å²) < 4.78 is 11.1. The second kappa shape index (κ2) is 6.66. The highest BCUT2D eigenvalue weighted by Crippen LogP contribution is 2.53. The maximum Gasteiger partial charge on any atom is 0.338 e. The molecule has 2 aliphatic carbocycles. The molecule has 4 nitrogen and oxygen atoms in total. The van der Waals surface area contributed by atoms with Crippen molar-refractivity contribution in [2.75, 3.05) is 0 Å². The van der Waals surface area contributed by atoms with E-state index < -0.39 is 5.41 Å². The van der Waals surface area contributed by atoms with Crippen molar-refractivity contribution in [3.05, 3.63) is 41.5 Å². The zero-order valence-corrected chi connectivity index (χ0v) is 15.4. The van der Waals surface area contributed by atoms with Crippen LogP contribution in [0.1, 0.15) is 58.1 Å². The minimum absolute atomic E-state index is 0.0247. The summed E-state index contributed by atoms with van der Waals surface area (Å²) in [6.07, 6.45) is 4.17. The first-order chi connectivity index (χ1) is 11.9. The molecule has 3 rings (SSSR count). The van der Waals surface area contributed by atoms with Gasteiger partial charge in [0.2, 0.25) is 0 Å². The first-order valence-electron chi connectivity index (χ1n) is 9.10. The van der Waals surface area contributed by atoms with Gasteiger partial charge in [0.15, 0.2) is 0 Å². The number of hydrogen-bond acceptors (Lipinski definition) is 4. The van der Waals surface area contributed by atoms with E-state index in [0.717, 1.165) is 30.4 Å². The van der Waals surface area contributed by atoms with E-state index in [1.165, 1.54) is 0 Å².